The van der Waals surface area contributed by atoms with Crippen LogP contribution in [0.25, 0.3) is 11.3 Å². The highest BCUT2D eigenvalue weighted by Crippen LogP contribution is 2.47. The topological polar surface area (TPSA) is 89.2 Å². The molecule has 0 saturated heterocycles. The molecule has 0 saturated carbocycles. The van der Waals surface area contributed by atoms with Gasteiger partial charge in [-0.3, -0.25) is 9.48 Å². The smallest absolute Gasteiger partial charge is 0.260 e. The number of aromatic nitrogens is 3. The molecule has 8 nitrogen and oxygen atoms in total. The summed E-state index contributed by atoms with van der Waals surface area (Å²) in [6, 6.07) is 7.81. The van der Waals surface area contributed by atoms with E-state index in [0.717, 1.165) is 22.4 Å². The number of hydrogen-bond acceptors (Lipinski definition) is 6. The first-order valence-electron chi connectivity index (χ1n) is 11.9. The summed E-state index contributed by atoms with van der Waals surface area (Å²) in [6.07, 6.45) is 11.1. The number of pyridine rings is 1. The maximum absolute atomic E-state index is 13.8. The van der Waals surface area contributed by atoms with Crippen LogP contribution in [0.5, 0.6) is 0 Å². The summed E-state index contributed by atoms with van der Waals surface area (Å²) in [5, 5.41) is 7.96. The van der Waals surface area contributed by atoms with Crippen molar-refractivity contribution in [2.24, 2.45) is 14.1 Å². The van der Waals surface area contributed by atoms with Crippen LogP contribution in [0.1, 0.15) is 29.2 Å². The summed E-state index contributed by atoms with van der Waals surface area (Å²) in [6.45, 7) is 0. The second-order valence-corrected chi connectivity index (χ2v) is 12.1. The highest BCUT2D eigenvalue weighted by atomic mass is 32.2. The van der Waals surface area contributed by atoms with E-state index in [0.29, 0.717) is 28.8 Å². The summed E-state index contributed by atoms with van der Waals surface area (Å²) in [5.41, 5.74) is 5.66. The molecule has 1 aromatic carbocycles. The second kappa shape index (κ2) is 8.31. The Labute approximate surface area is 214 Å². The third kappa shape index (κ3) is 4.01. The van der Waals surface area contributed by atoms with Gasteiger partial charge in [0, 0.05) is 55.8 Å². The van der Waals surface area contributed by atoms with E-state index in [4.69, 9.17) is 0 Å². The van der Waals surface area contributed by atoms with E-state index in [1.54, 1.807) is 30.1 Å². The van der Waals surface area contributed by atoms with Crippen molar-refractivity contribution < 1.29 is 12.8 Å². The number of fused-ring (bicyclic) bond motifs is 2. The van der Waals surface area contributed by atoms with E-state index in [9.17, 15) is 17.6 Å². The van der Waals surface area contributed by atoms with Crippen molar-refractivity contribution in [1.82, 2.24) is 19.7 Å². The van der Waals surface area contributed by atoms with Gasteiger partial charge in [0.2, 0.25) is 0 Å². The molecule has 190 valence electrons. The minimum Gasteiger partial charge on any atom is -0.377 e. The van der Waals surface area contributed by atoms with Gasteiger partial charge in [-0.05, 0) is 59.5 Å². The first-order chi connectivity index (χ1) is 17.6. The quantitative estimate of drug-likeness (QED) is 0.570. The fourth-order valence-electron chi connectivity index (χ4n) is 5.55. The van der Waals surface area contributed by atoms with Gasteiger partial charge in [0.05, 0.1) is 35.3 Å². The SMILES string of the molecule is Cn1cc(C2CC3C4=C(N2)c2c(ccn(C)c2=O)C(CS(C)(=O)=O)=CC4=CN3c2ccc(F)cc2)cn1. The zero-order chi connectivity index (χ0) is 26.1. The zero-order valence-electron chi connectivity index (χ0n) is 20.6. The van der Waals surface area contributed by atoms with E-state index >= 15 is 0 Å². The molecule has 0 radical (unpaired) electrons. The minimum absolute atomic E-state index is 0.151. The number of nitrogens with zero attached hydrogens (tertiary/aromatic N) is 4. The summed E-state index contributed by atoms with van der Waals surface area (Å²) in [4.78, 5) is 15.7. The predicted octanol–water partition coefficient (Wildman–Crippen LogP) is 2.92. The van der Waals surface area contributed by atoms with Crippen molar-refractivity contribution in [3.05, 3.63) is 105 Å². The lowest BCUT2D eigenvalue weighted by molar-refractivity contribution is 0.510. The molecule has 0 amide bonds. The van der Waals surface area contributed by atoms with Gasteiger partial charge in [-0.25, -0.2) is 12.8 Å². The minimum atomic E-state index is -3.39. The Morgan fingerprint density at radius 2 is 1.92 bits per heavy atom. The van der Waals surface area contributed by atoms with Crippen molar-refractivity contribution >= 4 is 26.8 Å². The van der Waals surface area contributed by atoms with Gasteiger partial charge in [0.15, 0.2) is 9.84 Å². The van der Waals surface area contributed by atoms with Gasteiger partial charge in [0.25, 0.3) is 5.56 Å². The van der Waals surface area contributed by atoms with E-state index in [1.165, 1.54) is 23.0 Å². The highest BCUT2D eigenvalue weighted by molar-refractivity contribution is 7.91. The van der Waals surface area contributed by atoms with E-state index in [1.807, 2.05) is 37.8 Å². The number of allylic oxidation sites excluding steroid dienone is 1. The first kappa shape index (κ1) is 23.5. The van der Waals surface area contributed by atoms with Gasteiger partial charge < -0.3 is 14.8 Å². The normalized spacial score (nSPS) is 20.6. The van der Waals surface area contributed by atoms with Crippen LogP contribution in [0.2, 0.25) is 0 Å². The van der Waals surface area contributed by atoms with Gasteiger partial charge in [-0.15, -0.1) is 0 Å². The number of hydrogen-bond donors (Lipinski definition) is 1. The van der Waals surface area contributed by atoms with Crippen molar-refractivity contribution in [2.75, 3.05) is 16.9 Å². The number of anilines is 1. The summed E-state index contributed by atoms with van der Waals surface area (Å²) < 4.78 is 41.8. The van der Waals surface area contributed by atoms with Crippen LogP contribution in [0.15, 0.2) is 77.1 Å². The van der Waals surface area contributed by atoms with Crippen LogP contribution in [-0.4, -0.2) is 40.8 Å². The molecule has 2 aliphatic heterocycles. The standard InChI is InChI=1S/C27H26FN5O3S/c1-31-9-8-21-17(15-37(3,35)36)10-16-14-33(20-6-4-19(28)5-7-20)23-11-22(18-12-29-32(2)13-18)30-26(24(16)23)25(21)27(31)34/h4-10,12-14,22-23,30H,11,15H2,1-3H3. The van der Waals surface area contributed by atoms with Crippen molar-refractivity contribution in [3.63, 3.8) is 0 Å². The molecule has 10 heteroatoms. The summed E-state index contributed by atoms with van der Waals surface area (Å²) in [5.74, 6) is -0.519. The van der Waals surface area contributed by atoms with Gasteiger partial charge >= 0.3 is 0 Å². The molecule has 3 aliphatic rings. The molecule has 3 aromatic rings. The third-order valence-corrected chi connectivity index (χ3v) is 8.00. The lowest BCUT2D eigenvalue weighted by Crippen LogP contribution is -2.40. The highest BCUT2D eigenvalue weighted by Gasteiger charge is 2.42. The Balaban J connectivity index is 1.61. The fourth-order valence-corrected chi connectivity index (χ4v) is 6.36. The molecule has 0 bridgehead atoms. The van der Waals surface area contributed by atoms with Gasteiger partial charge in [-0.2, -0.15) is 5.10 Å². The molecule has 0 spiro atoms. The average Bonchev–Trinajstić information content (AvgIpc) is 3.40. The zero-order valence-corrected chi connectivity index (χ0v) is 21.5. The molecular formula is C27H26FN5O3S. The Morgan fingerprint density at radius 1 is 1.16 bits per heavy atom. The maximum atomic E-state index is 13.8. The predicted molar refractivity (Wildman–Crippen MR) is 141 cm³/mol. The molecule has 1 N–H and O–H groups in total. The Hall–Kier alpha value is -3.92. The second-order valence-electron chi connectivity index (χ2n) is 9.91. The number of rotatable bonds is 4. The van der Waals surface area contributed by atoms with Crippen LogP contribution in [0.4, 0.5) is 10.1 Å². The molecule has 0 fully saturated rings. The van der Waals surface area contributed by atoms with E-state index in [-0.39, 0.29) is 29.2 Å². The van der Waals surface area contributed by atoms with Crippen molar-refractivity contribution in [2.45, 2.75) is 18.5 Å². The number of aryl methyl sites for hydroxylation is 2. The number of nitrogens with one attached hydrogen (secondary N) is 1. The molecule has 2 atom stereocenters. The summed E-state index contributed by atoms with van der Waals surface area (Å²) in [7, 11) is 0.157. The lowest BCUT2D eigenvalue weighted by atomic mass is 9.86. The van der Waals surface area contributed by atoms with Crippen LogP contribution in [-0.2, 0) is 23.9 Å². The Kier molecular flexibility index (Phi) is 5.27. The van der Waals surface area contributed by atoms with E-state index in [2.05, 4.69) is 15.3 Å². The summed E-state index contributed by atoms with van der Waals surface area (Å²) >= 11 is 0. The molecule has 6 rings (SSSR count). The number of halogens is 1. The van der Waals surface area contributed by atoms with Crippen molar-refractivity contribution in [1.29, 1.82) is 0 Å². The van der Waals surface area contributed by atoms with Crippen molar-refractivity contribution in [3.8, 4) is 0 Å². The van der Waals surface area contributed by atoms with Gasteiger partial charge in [0.1, 0.15) is 5.82 Å². The van der Waals surface area contributed by atoms with Crippen LogP contribution >= 0.6 is 0 Å². The average molecular weight is 520 g/mol. The third-order valence-electron chi connectivity index (χ3n) is 7.17. The largest absolute Gasteiger partial charge is 0.377 e. The molecule has 1 aliphatic carbocycles. The maximum Gasteiger partial charge on any atom is 0.260 e. The fraction of sp³-hybridized carbons (Fsp3) is 0.259. The molecular weight excluding hydrogens is 493 g/mol. The lowest BCUT2D eigenvalue weighted by Gasteiger charge is -2.37. The molecule has 2 unspecified atom stereocenters. The van der Waals surface area contributed by atoms with Crippen LogP contribution < -0.4 is 15.8 Å². The van der Waals surface area contributed by atoms with Gasteiger partial charge in [-0.1, -0.05) is 0 Å². The molecule has 4 heterocycles. The Bertz CT molecular complexity index is 1700. The number of sulfone groups is 1. The monoisotopic (exact) mass is 519 g/mol. The Morgan fingerprint density at radius 3 is 2.59 bits per heavy atom. The van der Waals surface area contributed by atoms with Crippen LogP contribution in [0, 0.1) is 5.82 Å². The molecule has 37 heavy (non-hydrogen) atoms. The van der Waals surface area contributed by atoms with E-state index < -0.39 is 9.84 Å². The number of benzene rings is 1. The first-order valence-corrected chi connectivity index (χ1v) is 14.0. The molecule has 2 aromatic heterocycles. The van der Waals surface area contributed by atoms with Crippen LogP contribution in [0.3, 0.4) is 0 Å².